The van der Waals surface area contributed by atoms with Crippen LogP contribution < -0.4 is 10.6 Å². The Morgan fingerprint density at radius 1 is 1.00 bits per heavy atom. The second kappa shape index (κ2) is 7.99. The molecule has 0 spiro atoms. The van der Waals surface area contributed by atoms with Crippen LogP contribution in [0, 0.1) is 0 Å². The van der Waals surface area contributed by atoms with Gasteiger partial charge in [-0.1, -0.05) is 41.4 Å². The molecule has 0 fully saturated rings. The molecule has 2 aromatic carbocycles. The third-order valence-electron chi connectivity index (χ3n) is 3.14. The van der Waals surface area contributed by atoms with Gasteiger partial charge in [-0.3, -0.25) is 9.59 Å². The van der Waals surface area contributed by atoms with Crippen LogP contribution in [0.1, 0.15) is 18.9 Å². The minimum absolute atomic E-state index is 0.174. The van der Waals surface area contributed by atoms with E-state index in [1.165, 1.54) is 6.92 Å². The zero-order valence-electron chi connectivity index (χ0n) is 12.5. The van der Waals surface area contributed by atoms with Crippen molar-refractivity contribution < 1.29 is 9.59 Å². The Labute approximate surface area is 144 Å². The molecule has 0 aromatic heterocycles. The van der Waals surface area contributed by atoms with Gasteiger partial charge in [-0.05, 0) is 36.2 Å². The molecule has 0 aliphatic carbocycles. The maximum atomic E-state index is 12.1. The van der Waals surface area contributed by atoms with Crippen LogP contribution in [0.4, 0.5) is 11.4 Å². The van der Waals surface area contributed by atoms with Gasteiger partial charge >= 0.3 is 0 Å². The summed E-state index contributed by atoms with van der Waals surface area (Å²) in [7, 11) is 0. The van der Waals surface area contributed by atoms with Crippen molar-refractivity contribution in [1.29, 1.82) is 0 Å². The predicted molar refractivity (Wildman–Crippen MR) is 94.2 cm³/mol. The van der Waals surface area contributed by atoms with Crippen molar-refractivity contribution in [3.05, 3.63) is 58.1 Å². The summed E-state index contributed by atoms with van der Waals surface area (Å²) in [5.74, 6) is -0.366. The number of anilines is 2. The van der Waals surface area contributed by atoms with Crippen molar-refractivity contribution in [2.45, 2.75) is 19.8 Å². The number of rotatable bonds is 5. The molecule has 0 unspecified atom stereocenters. The van der Waals surface area contributed by atoms with Crippen molar-refractivity contribution in [1.82, 2.24) is 0 Å². The predicted octanol–water partition coefficient (Wildman–Crippen LogP) is 4.52. The van der Waals surface area contributed by atoms with Crippen LogP contribution in [0.3, 0.4) is 0 Å². The van der Waals surface area contributed by atoms with E-state index in [4.69, 9.17) is 23.2 Å². The lowest BCUT2D eigenvalue weighted by Gasteiger charge is -2.10. The van der Waals surface area contributed by atoms with E-state index in [1.807, 2.05) is 18.2 Å². The normalized spacial score (nSPS) is 10.2. The number of carbonyl (C=O) groups is 2. The highest BCUT2D eigenvalue weighted by molar-refractivity contribution is 6.34. The summed E-state index contributed by atoms with van der Waals surface area (Å²) in [5, 5.41) is 6.44. The highest BCUT2D eigenvalue weighted by Crippen LogP contribution is 2.26. The van der Waals surface area contributed by atoms with Gasteiger partial charge in [-0.2, -0.15) is 0 Å². The van der Waals surface area contributed by atoms with Crippen molar-refractivity contribution in [2.75, 3.05) is 10.6 Å². The molecule has 23 heavy (non-hydrogen) atoms. The van der Waals surface area contributed by atoms with Gasteiger partial charge in [0.2, 0.25) is 11.8 Å². The number of aryl methyl sites for hydroxylation is 1. The number of hydrogen-bond donors (Lipinski definition) is 2. The topological polar surface area (TPSA) is 58.2 Å². The first-order valence-corrected chi connectivity index (χ1v) is 7.81. The molecule has 0 bridgehead atoms. The number of halogens is 2. The molecule has 2 aromatic rings. The van der Waals surface area contributed by atoms with Gasteiger partial charge in [-0.15, -0.1) is 0 Å². The molecular weight excluding hydrogens is 335 g/mol. The zero-order chi connectivity index (χ0) is 16.8. The summed E-state index contributed by atoms with van der Waals surface area (Å²) in [5.41, 5.74) is 1.95. The molecule has 0 radical (unpaired) electrons. The van der Waals surface area contributed by atoms with Crippen molar-refractivity contribution in [3.8, 4) is 0 Å². The third-order valence-corrected chi connectivity index (χ3v) is 3.84. The van der Waals surface area contributed by atoms with E-state index in [2.05, 4.69) is 10.6 Å². The van der Waals surface area contributed by atoms with Gasteiger partial charge in [0.05, 0.1) is 10.7 Å². The second-order valence-electron chi connectivity index (χ2n) is 5.02. The van der Waals surface area contributed by atoms with E-state index < -0.39 is 0 Å². The third kappa shape index (κ3) is 5.27. The Morgan fingerprint density at radius 2 is 1.74 bits per heavy atom. The highest BCUT2D eigenvalue weighted by Gasteiger charge is 2.09. The van der Waals surface area contributed by atoms with Crippen molar-refractivity contribution >= 4 is 46.4 Å². The van der Waals surface area contributed by atoms with Crippen LogP contribution in [0.5, 0.6) is 0 Å². The number of amides is 2. The number of benzene rings is 2. The first-order valence-electron chi connectivity index (χ1n) is 7.06. The minimum atomic E-state index is -0.191. The minimum Gasteiger partial charge on any atom is -0.326 e. The summed E-state index contributed by atoms with van der Waals surface area (Å²) in [6.45, 7) is 1.41. The van der Waals surface area contributed by atoms with Crippen molar-refractivity contribution in [3.63, 3.8) is 0 Å². The zero-order valence-corrected chi connectivity index (χ0v) is 14.0. The van der Waals surface area contributed by atoms with Crippen molar-refractivity contribution in [2.24, 2.45) is 0 Å². The maximum Gasteiger partial charge on any atom is 0.224 e. The molecule has 0 saturated heterocycles. The quantitative estimate of drug-likeness (QED) is 0.832. The monoisotopic (exact) mass is 350 g/mol. The van der Waals surface area contributed by atoms with Gasteiger partial charge in [-0.25, -0.2) is 0 Å². The first-order chi connectivity index (χ1) is 11.0. The second-order valence-corrected chi connectivity index (χ2v) is 5.83. The lowest BCUT2D eigenvalue weighted by Crippen LogP contribution is -2.13. The standard InChI is InChI=1S/C17H16Cl2N2O2/c1-11(22)20-13-7-8-15(19)16(10-13)21-17(23)9-6-12-4-2-3-5-14(12)18/h2-5,7-8,10H,6,9H2,1H3,(H,20,22)(H,21,23). The summed E-state index contributed by atoms with van der Waals surface area (Å²) in [4.78, 5) is 23.2. The van der Waals surface area contributed by atoms with E-state index in [0.29, 0.717) is 27.8 Å². The lowest BCUT2D eigenvalue weighted by molar-refractivity contribution is -0.116. The largest absolute Gasteiger partial charge is 0.326 e. The van der Waals surface area contributed by atoms with E-state index in [1.54, 1.807) is 24.3 Å². The Hall–Kier alpha value is -2.04. The van der Waals surface area contributed by atoms with Gasteiger partial charge in [0.25, 0.3) is 0 Å². The molecule has 2 rings (SSSR count). The number of hydrogen-bond acceptors (Lipinski definition) is 2. The Balaban J connectivity index is 1.99. The van der Waals surface area contributed by atoms with Gasteiger partial charge in [0.15, 0.2) is 0 Å². The van der Waals surface area contributed by atoms with Crippen LogP contribution >= 0.6 is 23.2 Å². The molecule has 0 aliphatic heterocycles. The maximum absolute atomic E-state index is 12.1. The summed E-state index contributed by atoms with van der Waals surface area (Å²) in [6, 6.07) is 12.3. The molecule has 0 saturated carbocycles. The average molecular weight is 351 g/mol. The Bertz CT molecular complexity index is 732. The molecule has 0 heterocycles. The molecule has 6 heteroatoms. The molecule has 2 N–H and O–H groups in total. The lowest BCUT2D eigenvalue weighted by atomic mass is 10.1. The SMILES string of the molecule is CC(=O)Nc1ccc(Cl)c(NC(=O)CCc2ccccc2Cl)c1. The van der Waals surface area contributed by atoms with E-state index in [0.717, 1.165) is 5.56 Å². The summed E-state index contributed by atoms with van der Waals surface area (Å²) in [6.07, 6.45) is 0.818. The van der Waals surface area contributed by atoms with Crippen LogP contribution in [0.2, 0.25) is 10.0 Å². The van der Waals surface area contributed by atoms with Crippen LogP contribution in [-0.2, 0) is 16.0 Å². The first kappa shape index (κ1) is 17.3. The average Bonchev–Trinajstić information content (AvgIpc) is 2.49. The number of nitrogens with one attached hydrogen (secondary N) is 2. The molecule has 0 aliphatic rings. The Kier molecular flexibility index (Phi) is 6.02. The molecule has 120 valence electrons. The van der Waals surface area contributed by atoms with Gasteiger partial charge in [0.1, 0.15) is 0 Å². The smallest absolute Gasteiger partial charge is 0.224 e. The Morgan fingerprint density at radius 3 is 2.43 bits per heavy atom. The van der Waals surface area contributed by atoms with Crippen LogP contribution in [-0.4, -0.2) is 11.8 Å². The van der Waals surface area contributed by atoms with E-state index in [9.17, 15) is 9.59 Å². The van der Waals surface area contributed by atoms with Gasteiger partial charge < -0.3 is 10.6 Å². The van der Waals surface area contributed by atoms with Crippen LogP contribution in [0.25, 0.3) is 0 Å². The molecular formula is C17H16Cl2N2O2. The summed E-state index contributed by atoms with van der Waals surface area (Å²) < 4.78 is 0. The fourth-order valence-electron chi connectivity index (χ4n) is 2.06. The summed E-state index contributed by atoms with van der Waals surface area (Å²) >= 11 is 12.1. The molecule has 0 atom stereocenters. The number of carbonyl (C=O) groups excluding carboxylic acids is 2. The molecule has 2 amide bonds. The van der Waals surface area contributed by atoms with Gasteiger partial charge in [0, 0.05) is 24.1 Å². The molecule has 4 nitrogen and oxygen atoms in total. The fraction of sp³-hybridized carbons (Fsp3) is 0.176. The van der Waals surface area contributed by atoms with E-state index in [-0.39, 0.29) is 18.2 Å². The fourth-order valence-corrected chi connectivity index (χ4v) is 2.46. The highest BCUT2D eigenvalue weighted by atomic mass is 35.5. The van der Waals surface area contributed by atoms with Crippen LogP contribution in [0.15, 0.2) is 42.5 Å². The van der Waals surface area contributed by atoms with E-state index >= 15 is 0 Å².